The van der Waals surface area contributed by atoms with Crippen LogP contribution < -0.4 is 5.14 Å². The van der Waals surface area contributed by atoms with Gasteiger partial charge in [-0.25, -0.2) is 13.6 Å². The van der Waals surface area contributed by atoms with Gasteiger partial charge in [-0.1, -0.05) is 6.92 Å². The predicted molar refractivity (Wildman–Crippen MR) is 64.0 cm³/mol. The lowest BCUT2D eigenvalue weighted by Gasteiger charge is -2.06. The van der Waals surface area contributed by atoms with Crippen molar-refractivity contribution in [2.75, 3.05) is 0 Å². The molecule has 0 spiro atoms. The van der Waals surface area contributed by atoms with Crippen molar-refractivity contribution in [3.05, 3.63) is 11.9 Å². The van der Waals surface area contributed by atoms with Crippen molar-refractivity contribution in [1.29, 1.82) is 0 Å². The topological polar surface area (TPSA) is 120 Å². The monoisotopic (exact) mass is 270 g/mol. The number of hydrogen-bond acceptors (Lipinski definition) is 5. The highest BCUT2D eigenvalue weighted by Gasteiger charge is 2.22. The molecule has 9 heteroatoms. The van der Waals surface area contributed by atoms with Gasteiger partial charge in [0.1, 0.15) is 0 Å². The number of primary sulfonamides is 1. The maximum absolute atomic E-state index is 11.4. The van der Waals surface area contributed by atoms with Gasteiger partial charge in [0, 0.05) is 12.2 Å². The van der Waals surface area contributed by atoms with Crippen molar-refractivity contribution in [2.24, 2.45) is 5.14 Å². The van der Waals surface area contributed by atoms with E-state index in [2.05, 4.69) is 20.4 Å². The summed E-state index contributed by atoms with van der Waals surface area (Å²) in [7, 11) is -3.88. The van der Waals surface area contributed by atoms with Crippen LogP contribution in [-0.4, -0.2) is 33.4 Å². The number of nitrogens with two attached hydrogens (primary N) is 1. The van der Waals surface area contributed by atoms with E-state index in [4.69, 9.17) is 5.14 Å². The summed E-state index contributed by atoms with van der Waals surface area (Å²) < 4.78 is 24.3. The molecule has 18 heavy (non-hydrogen) atoms. The van der Waals surface area contributed by atoms with Crippen molar-refractivity contribution >= 4 is 10.0 Å². The summed E-state index contributed by atoms with van der Waals surface area (Å²) in [6.07, 6.45) is 2.32. The van der Waals surface area contributed by atoms with Gasteiger partial charge in [0.15, 0.2) is 5.82 Å². The van der Waals surface area contributed by atoms with Crippen LogP contribution in [0.5, 0.6) is 0 Å². The molecule has 2 aromatic rings. The van der Waals surface area contributed by atoms with Crippen molar-refractivity contribution in [2.45, 2.75) is 32.0 Å². The van der Waals surface area contributed by atoms with Crippen molar-refractivity contribution in [3.63, 3.8) is 0 Å². The first-order valence-electron chi connectivity index (χ1n) is 5.41. The van der Waals surface area contributed by atoms with Gasteiger partial charge in [0.25, 0.3) is 15.2 Å². The summed E-state index contributed by atoms with van der Waals surface area (Å²) in [5.41, 5.74) is 1.51. The van der Waals surface area contributed by atoms with Gasteiger partial charge in [-0.3, -0.25) is 9.67 Å². The second kappa shape index (κ2) is 4.50. The Balaban J connectivity index is 2.63. The Bertz CT molecular complexity index is 656. The molecule has 0 atom stereocenters. The van der Waals surface area contributed by atoms with E-state index in [0.717, 1.165) is 12.1 Å². The summed E-state index contributed by atoms with van der Waals surface area (Å²) in [5.74, 6) is 0.451. The fraction of sp³-hybridized carbons (Fsp3) is 0.444. The molecule has 0 aliphatic heterocycles. The molecule has 3 N–H and O–H groups in total. The third-order valence-corrected chi connectivity index (χ3v) is 3.30. The first kappa shape index (κ1) is 12.7. The number of nitrogens with zero attached hydrogens (tertiary/aromatic N) is 4. The summed E-state index contributed by atoms with van der Waals surface area (Å²) in [5, 5.41) is 19.1. The van der Waals surface area contributed by atoms with Crippen LogP contribution in [0, 0.1) is 6.92 Å². The Morgan fingerprint density at radius 1 is 1.44 bits per heavy atom. The maximum atomic E-state index is 11.4. The van der Waals surface area contributed by atoms with Crippen LogP contribution in [0.1, 0.15) is 19.0 Å². The minimum atomic E-state index is -3.88. The molecule has 8 nitrogen and oxygen atoms in total. The molecule has 2 aromatic heterocycles. The zero-order chi connectivity index (χ0) is 13.3. The van der Waals surface area contributed by atoms with Crippen molar-refractivity contribution in [3.8, 4) is 11.4 Å². The summed E-state index contributed by atoms with van der Waals surface area (Å²) in [4.78, 5) is 0. The SMILES string of the molecule is CCCn1c(-c2cn[nH]c2C)nnc1S(N)(=O)=O. The number of nitrogens with one attached hydrogen (secondary N) is 1. The average Bonchev–Trinajstić information content (AvgIpc) is 2.84. The molecule has 0 aliphatic rings. The highest BCUT2D eigenvalue weighted by atomic mass is 32.2. The van der Waals surface area contributed by atoms with E-state index in [1.807, 2.05) is 13.8 Å². The quantitative estimate of drug-likeness (QED) is 0.812. The number of rotatable bonds is 4. The predicted octanol–water partition coefficient (Wildman–Crippen LogP) is 0.0340. The lowest BCUT2D eigenvalue weighted by atomic mass is 10.2. The average molecular weight is 270 g/mol. The van der Waals surface area contributed by atoms with E-state index < -0.39 is 10.0 Å². The minimum absolute atomic E-state index is 0.222. The zero-order valence-corrected chi connectivity index (χ0v) is 10.9. The fourth-order valence-electron chi connectivity index (χ4n) is 1.70. The van der Waals surface area contributed by atoms with Crippen LogP contribution in [0.25, 0.3) is 11.4 Å². The van der Waals surface area contributed by atoms with Gasteiger partial charge in [0.05, 0.1) is 11.8 Å². The van der Waals surface area contributed by atoms with Crippen LogP contribution in [-0.2, 0) is 16.6 Å². The maximum Gasteiger partial charge on any atom is 0.273 e. The normalized spacial score (nSPS) is 11.9. The molecule has 0 aromatic carbocycles. The van der Waals surface area contributed by atoms with Gasteiger partial charge in [-0.05, 0) is 13.3 Å². The third kappa shape index (κ3) is 2.14. The van der Waals surface area contributed by atoms with Crippen LogP contribution in [0.3, 0.4) is 0 Å². The highest BCUT2D eigenvalue weighted by Crippen LogP contribution is 2.22. The molecule has 0 unspecified atom stereocenters. The van der Waals surface area contributed by atoms with Gasteiger partial charge < -0.3 is 0 Å². The Morgan fingerprint density at radius 3 is 2.67 bits per heavy atom. The third-order valence-electron chi connectivity index (χ3n) is 2.49. The number of hydrogen-bond donors (Lipinski definition) is 2. The molecule has 2 heterocycles. The standard InChI is InChI=1S/C9H14N6O2S/c1-3-4-15-8(7-5-11-12-6(7)2)13-14-9(15)18(10,16)17/h5H,3-4H2,1-2H3,(H,11,12)(H2,10,16,17). The van der Waals surface area contributed by atoms with E-state index in [0.29, 0.717) is 17.9 Å². The molecule has 0 saturated carbocycles. The van der Waals surface area contributed by atoms with Gasteiger partial charge in [-0.2, -0.15) is 5.10 Å². The van der Waals surface area contributed by atoms with E-state index in [1.165, 1.54) is 4.57 Å². The van der Waals surface area contributed by atoms with Gasteiger partial charge in [0.2, 0.25) is 0 Å². The molecule has 0 fully saturated rings. The number of aromatic nitrogens is 5. The second-order valence-corrected chi connectivity index (χ2v) is 5.37. The molecular weight excluding hydrogens is 256 g/mol. The molecule has 0 amide bonds. The molecular formula is C9H14N6O2S. The molecule has 0 aliphatic carbocycles. The Kier molecular flexibility index (Phi) is 3.18. The summed E-state index contributed by atoms with van der Waals surface area (Å²) in [6.45, 7) is 4.22. The first-order chi connectivity index (χ1) is 8.45. The van der Waals surface area contributed by atoms with E-state index >= 15 is 0 Å². The van der Waals surface area contributed by atoms with Crippen LogP contribution in [0.2, 0.25) is 0 Å². The highest BCUT2D eigenvalue weighted by molar-refractivity contribution is 7.89. The first-order valence-corrected chi connectivity index (χ1v) is 6.96. The minimum Gasteiger partial charge on any atom is -0.297 e. The molecule has 0 bridgehead atoms. The molecule has 0 saturated heterocycles. The number of sulfonamides is 1. The second-order valence-electron chi connectivity index (χ2n) is 3.91. The lowest BCUT2D eigenvalue weighted by Crippen LogP contribution is -2.19. The summed E-state index contributed by atoms with van der Waals surface area (Å²) in [6, 6.07) is 0. The zero-order valence-electron chi connectivity index (χ0n) is 10.1. The van der Waals surface area contributed by atoms with Crippen LogP contribution in [0.15, 0.2) is 11.4 Å². The Labute approximate surface area is 104 Å². The molecule has 0 radical (unpaired) electrons. The Morgan fingerprint density at radius 2 is 2.17 bits per heavy atom. The smallest absolute Gasteiger partial charge is 0.273 e. The molecule has 2 rings (SSSR count). The van der Waals surface area contributed by atoms with E-state index in [9.17, 15) is 8.42 Å². The van der Waals surface area contributed by atoms with E-state index in [1.54, 1.807) is 6.20 Å². The largest absolute Gasteiger partial charge is 0.297 e. The molecule has 98 valence electrons. The Hall–Kier alpha value is -1.74. The fourth-order valence-corrected chi connectivity index (χ4v) is 2.34. The van der Waals surface area contributed by atoms with Gasteiger partial charge >= 0.3 is 0 Å². The van der Waals surface area contributed by atoms with Crippen molar-refractivity contribution < 1.29 is 8.42 Å². The lowest BCUT2D eigenvalue weighted by molar-refractivity contribution is 0.559. The van der Waals surface area contributed by atoms with Crippen LogP contribution in [0.4, 0.5) is 0 Å². The summed E-state index contributed by atoms with van der Waals surface area (Å²) >= 11 is 0. The number of H-pyrrole nitrogens is 1. The van der Waals surface area contributed by atoms with Crippen molar-refractivity contribution in [1.82, 2.24) is 25.0 Å². The van der Waals surface area contributed by atoms with Gasteiger partial charge in [-0.15, -0.1) is 10.2 Å². The van der Waals surface area contributed by atoms with E-state index in [-0.39, 0.29) is 5.16 Å². The number of aromatic amines is 1. The number of aryl methyl sites for hydroxylation is 1. The van der Waals surface area contributed by atoms with Crippen LogP contribution >= 0.6 is 0 Å².